The van der Waals surface area contributed by atoms with E-state index >= 15 is 4.39 Å². The SMILES string of the molecule is CC(=O)O[C@@]1(C)[C@@H](COC(=O)c2ccccc2)O[C@H](c2c[nH]c(=O)nc2NC(=O)c2ccccc2)[C@@]1(C)F. The highest BCUT2D eigenvalue weighted by atomic mass is 19.1. The Morgan fingerprint density at radius 2 is 1.66 bits per heavy atom. The molecule has 4 atom stereocenters. The molecular weight excluding hydrogens is 497 g/mol. The number of benzene rings is 2. The lowest BCUT2D eigenvalue weighted by Crippen LogP contribution is -2.54. The van der Waals surface area contributed by atoms with E-state index in [0.29, 0.717) is 0 Å². The second-order valence-corrected chi connectivity index (χ2v) is 9.08. The quantitative estimate of drug-likeness (QED) is 0.450. The molecule has 2 aromatic carbocycles. The summed E-state index contributed by atoms with van der Waals surface area (Å²) < 4.78 is 33.4. The predicted molar refractivity (Wildman–Crippen MR) is 133 cm³/mol. The molecule has 1 fully saturated rings. The molecule has 2 heterocycles. The number of hydrogen-bond donors (Lipinski definition) is 2. The number of aromatic nitrogens is 2. The van der Waals surface area contributed by atoms with Crippen molar-refractivity contribution in [1.82, 2.24) is 9.97 Å². The molecular formula is C27H26FN3O7. The van der Waals surface area contributed by atoms with E-state index in [4.69, 9.17) is 14.2 Å². The molecule has 0 bridgehead atoms. The Labute approximate surface area is 217 Å². The summed E-state index contributed by atoms with van der Waals surface area (Å²) in [5, 5.41) is 2.53. The molecule has 3 aromatic rings. The number of ether oxygens (including phenoxy) is 3. The van der Waals surface area contributed by atoms with Gasteiger partial charge in [0.05, 0.1) is 5.56 Å². The highest BCUT2D eigenvalue weighted by Crippen LogP contribution is 2.53. The zero-order valence-corrected chi connectivity index (χ0v) is 20.9. The van der Waals surface area contributed by atoms with Gasteiger partial charge in [0.25, 0.3) is 5.91 Å². The molecule has 0 radical (unpaired) electrons. The average Bonchev–Trinajstić information content (AvgIpc) is 3.08. The molecule has 38 heavy (non-hydrogen) atoms. The van der Waals surface area contributed by atoms with Crippen LogP contribution >= 0.6 is 0 Å². The number of alkyl halides is 1. The Balaban J connectivity index is 1.67. The number of amides is 1. The van der Waals surface area contributed by atoms with E-state index in [1.54, 1.807) is 60.7 Å². The Hall–Kier alpha value is -4.38. The van der Waals surface area contributed by atoms with Crippen LogP contribution in [0.3, 0.4) is 0 Å². The van der Waals surface area contributed by atoms with Crippen molar-refractivity contribution in [2.75, 3.05) is 11.9 Å². The first kappa shape index (κ1) is 26.7. The van der Waals surface area contributed by atoms with Gasteiger partial charge in [0.15, 0.2) is 11.3 Å². The van der Waals surface area contributed by atoms with Crippen LogP contribution in [0, 0.1) is 0 Å². The molecule has 1 aliphatic heterocycles. The van der Waals surface area contributed by atoms with Crippen LogP contribution in [0.2, 0.25) is 0 Å². The van der Waals surface area contributed by atoms with Crippen LogP contribution in [-0.4, -0.2) is 51.8 Å². The molecule has 198 valence electrons. The molecule has 1 aliphatic rings. The average molecular weight is 524 g/mol. The van der Waals surface area contributed by atoms with Gasteiger partial charge in [-0.15, -0.1) is 0 Å². The van der Waals surface area contributed by atoms with Crippen LogP contribution in [-0.2, 0) is 19.0 Å². The molecule has 11 heteroatoms. The number of anilines is 1. The number of halogens is 1. The summed E-state index contributed by atoms with van der Waals surface area (Å²) in [6, 6.07) is 16.3. The van der Waals surface area contributed by atoms with E-state index in [1.807, 2.05) is 0 Å². The summed E-state index contributed by atoms with van der Waals surface area (Å²) in [6.45, 7) is 3.16. The monoisotopic (exact) mass is 523 g/mol. The molecule has 2 N–H and O–H groups in total. The third-order valence-corrected chi connectivity index (χ3v) is 6.50. The fourth-order valence-electron chi connectivity index (χ4n) is 4.31. The van der Waals surface area contributed by atoms with Gasteiger partial charge < -0.3 is 24.5 Å². The van der Waals surface area contributed by atoms with Gasteiger partial charge in [0.1, 0.15) is 24.6 Å². The van der Waals surface area contributed by atoms with E-state index in [2.05, 4.69) is 15.3 Å². The van der Waals surface area contributed by atoms with Gasteiger partial charge in [-0.25, -0.2) is 14.0 Å². The van der Waals surface area contributed by atoms with E-state index in [-0.39, 0.29) is 22.5 Å². The first-order valence-electron chi connectivity index (χ1n) is 11.7. The maximum Gasteiger partial charge on any atom is 0.346 e. The van der Waals surface area contributed by atoms with Gasteiger partial charge in [0.2, 0.25) is 0 Å². The largest absolute Gasteiger partial charge is 0.459 e. The molecule has 0 saturated carbocycles. The van der Waals surface area contributed by atoms with Crippen LogP contribution in [0.5, 0.6) is 0 Å². The number of rotatable bonds is 7. The molecule has 1 saturated heterocycles. The number of esters is 2. The van der Waals surface area contributed by atoms with Gasteiger partial charge >= 0.3 is 17.6 Å². The number of carbonyl (C=O) groups is 3. The number of hydrogen-bond acceptors (Lipinski definition) is 8. The third kappa shape index (κ3) is 5.18. The predicted octanol–water partition coefficient (Wildman–Crippen LogP) is 3.37. The van der Waals surface area contributed by atoms with E-state index in [1.165, 1.54) is 13.1 Å². The summed E-state index contributed by atoms with van der Waals surface area (Å²) in [5.41, 5.74) is -4.58. The standard InChI is InChI=1S/C27H26FN3O7/c1-16(32)38-27(3)20(15-36-24(34)18-12-8-5-9-13-18)37-21(26(27,2)28)19-14-29-25(35)31-22(19)30-23(33)17-10-6-4-7-11-17/h4-14,20-21H,15H2,1-3H3,(H2,29,30,31,33,35)/t20-,21-,26-,27+/m1/s1. The lowest BCUT2D eigenvalue weighted by atomic mass is 9.80. The maximum atomic E-state index is 16.6. The second kappa shape index (κ2) is 10.5. The Bertz CT molecular complexity index is 1390. The summed E-state index contributed by atoms with van der Waals surface area (Å²) in [5.74, 6) is -2.27. The Kier molecular flexibility index (Phi) is 7.40. The second-order valence-electron chi connectivity index (χ2n) is 9.08. The minimum atomic E-state index is -2.42. The van der Waals surface area contributed by atoms with Gasteiger partial charge in [-0.3, -0.25) is 9.59 Å². The van der Waals surface area contributed by atoms with Crippen LogP contribution in [0.1, 0.15) is 53.2 Å². The van der Waals surface area contributed by atoms with Crippen molar-refractivity contribution in [3.63, 3.8) is 0 Å². The van der Waals surface area contributed by atoms with Crippen molar-refractivity contribution in [3.8, 4) is 0 Å². The van der Waals surface area contributed by atoms with Crippen molar-refractivity contribution in [1.29, 1.82) is 0 Å². The lowest BCUT2D eigenvalue weighted by molar-refractivity contribution is -0.175. The summed E-state index contributed by atoms with van der Waals surface area (Å²) in [6.07, 6.45) is -1.56. The Morgan fingerprint density at radius 1 is 1.05 bits per heavy atom. The van der Waals surface area contributed by atoms with Crippen LogP contribution in [0.25, 0.3) is 0 Å². The highest BCUT2D eigenvalue weighted by molar-refractivity contribution is 6.04. The minimum Gasteiger partial charge on any atom is -0.459 e. The molecule has 0 spiro atoms. The molecule has 0 unspecified atom stereocenters. The van der Waals surface area contributed by atoms with Gasteiger partial charge in [-0.05, 0) is 38.1 Å². The number of nitrogens with zero attached hydrogens (tertiary/aromatic N) is 1. The molecule has 10 nitrogen and oxygen atoms in total. The third-order valence-electron chi connectivity index (χ3n) is 6.50. The maximum absolute atomic E-state index is 16.6. The van der Waals surface area contributed by atoms with Crippen molar-refractivity contribution in [2.24, 2.45) is 0 Å². The van der Waals surface area contributed by atoms with E-state index < -0.39 is 53.6 Å². The van der Waals surface area contributed by atoms with E-state index in [0.717, 1.165) is 13.8 Å². The van der Waals surface area contributed by atoms with Crippen molar-refractivity contribution < 1.29 is 33.0 Å². The summed E-state index contributed by atoms with van der Waals surface area (Å²) >= 11 is 0. The normalized spacial score (nSPS) is 24.4. The Morgan fingerprint density at radius 3 is 2.26 bits per heavy atom. The topological polar surface area (TPSA) is 137 Å². The molecule has 4 rings (SSSR count). The summed E-state index contributed by atoms with van der Waals surface area (Å²) in [7, 11) is 0. The van der Waals surface area contributed by atoms with Crippen LogP contribution < -0.4 is 11.0 Å². The fourth-order valence-corrected chi connectivity index (χ4v) is 4.31. The zero-order chi connectivity index (χ0) is 27.5. The fraction of sp³-hybridized carbons (Fsp3) is 0.296. The van der Waals surface area contributed by atoms with Crippen molar-refractivity contribution >= 4 is 23.7 Å². The number of carbonyl (C=O) groups excluding carboxylic acids is 3. The van der Waals surface area contributed by atoms with Crippen molar-refractivity contribution in [3.05, 3.63) is 94.0 Å². The smallest absolute Gasteiger partial charge is 0.346 e. The van der Waals surface area contributed by atoms with Crippen LogP contribution in [0.15, 0.2) is 71.7 Å². The number of H-pyrrole nitrogens is 1. The highest BCUT2D eigenvalue weighted by Gasteiger charge is 2.66. The summed E-state index contributed by atoms with van der Waals surface area (Å²) in [4.78, 5) is 55.5. The lowest BCUT2D eigenvalue weighted by Gasteiger charge is -2.37. The molecule has 1 amide bonds. The molecule has 1 aromatic heterocycles. The van der Waals surface area contributed by atoms with Gasteiger partial charge in [-0.1, -0.05) is 36.4 Å². The number of nitrogens with one attached hydrogen (secondary N) is 2. The zero-order valence-electron chi connectivity index (χ0n) is 20.9. The van der Waals surface area contributed by atoms with Gasteiger partial charge in [0, 0.05) is 24.2 Å². The van der Waals surface area contributed by atoms with Gasteiger partial charge in [-0.2, -0.15) is 4.98 Å². The van der Waals surface area contributed by atoms with E-state index in [9.17, 15) is 19.2 Å². The first-order valence-corrected chi connectivity index (χ1v) is 11.7. The van der Waals surface area contributed by atoms with Crippen molar-refractivity contribution in [2.45, 2.75) is 44.2 Å². The van der Waals surface area contributed by atoms with Crippen LogP contribution in [0.4, 0.5) is 10.2 Å². The number of aromatic amines is 1. The first-order chi connectivity index (χ1) is 18.0. The molecule has 0 aliphatic carbocycles. The minimum absolute atomic E-state index is 0.00542.